The van der Waals surface area contributed by atoms with E-state index in [0.29, 0.717) is 0 Å². The molecule has 1 fully saturated rings. The Balaban J connectivity index is 2.41. The Kier molecular flexibility index (Phi) is 2.90. The van der Waals surface area contributed by atoms with E-state index < -0.39 is 0 Å². The van der Waals surface area contributed by atoms with Crippen LogP contribution in [0.3, 0.4) is 0 Å². The maximum absolute atomic E-state index is 10.7. The second-order valence-electron chi connectivity index (χ2n) is 3.43. The lowest BCUT2D eigenvalue weighted by molar-refractivity contribution is -0.188. The molecule has 13 heavy (non-hydrogen) atoms. The molecule has 74 valence electrons. The van der Waals surface area contributed by atoms with Gasteiger partial charge in [-0.05, 0) is 6.42 Å². The van der Waals surface area contributed by atoms with Gasteiger partial charge in [-0.2, -0.15) is 0 Å². The molecule has 0 aliphatic heterocycles. The molecule has 0 aromatic carbocycles. The highest BCUT2D eigenvalue weighted by Crippen LogP contribution is 2.33. The smallest absolute Gasteiger partial charge is 0.303 e. The van der Waals surface area contributed by atoms with Crippen molar-refractivity contribution in [1.29, 1.82) is 0 Å². The first-order chi connectivity index (χ1) is 6.00. The van der Waals surface area contributed by atoms with Gasteiger partial charge in [0.25, 0.3) is 0 Å². The Bertz CT molecular complexity index is 224. The number of hydrogen-bond donors (Lipinski definition) is 0. The van der Waals surface area contributed by atoms with Crippen molar-refractivity contribution >= 4 is 11.9 Å². The van der Waals surface area contributed by atoms with E-state index in [4.69, 9.17) is 9.47 Å². The largest absolute Gasteiger partial charge is 0.459 e. The molecule has 0 bridgehead atoms. The number of carbonyl (C=O) groups is 2. The molecule has 0 aromatic rings. The molecule has 0 heterocycles. The molecule has 0 aromatic heterocycles. The summed E-state index contributed by atoms with van der Waals surface area (Å²) in [6.45, 7) is 4.68. The van der Waals surface area contributed by atoms with Crippen LogP contribution >= 0.6 is 0 Å². The molecule has 1 aliphatic rings. The minimum absolute atomic E-state index is 0.239. The van der Waals surface area contributed by atoms with Crippen LogP contribution in [0.25, 0.3) is 0 Å². The minimum atomic E-state index is -0.325. The maximum Gasteiger partial charge on any atom is 0.303 e. The van der Waals surface area contributed by atoms with Crippen molar-refractivity contribution in [2.75, 3.05) is 0 Å². The highest BCUT2D eigenvalue weighted by molar-refractivity contribution is 5.67. The topological polar surface area (TPSA) is 52.6 Å². The van der Waals surface area contributed by atoms with Gasteiger partial charge in [-0.15, -0.1) is 0 Å². The van der Waals surface area contributed by atoms with E-state index in [0.717, 1.165) is 6.42 Å². The van der Waals surface area contributed by atoms with Gasteiger partial charge in [-0.25, -0.2) is 0 Å². The van der Waals surface area contributed by atoms with Crippen LogP contribution in [0.5, 0.6) is 0 Å². The molecule has 1 rings (SSSR count). The van der Waals surface area contributed by atoms with Gasteiger partial charge in [0.2, 0.25) is 0 Å². The zero-order valence-electron chi connectivity index (χ0n) is 8.07. The quantitative estimate of drug-likeness (QED) is 0.601. The fraction of sp³-hybridized carbons (Fsp3) is 0.778. The number of esters is 2. The van der Waals surface area contributed by atoms with E-state index in [9.17, 15) is 9.59 Å². The summed E-state index contributed by atoms with van der Waals surface area (Å²) in [5.41, 5.74) is 0. The molecule has 4 heteroatoms. The number of rotatable bonds is 2. The summed E-state index contributed by atoms with van der Waals surface area (Å²) in [5.74, 6) is -0.365. The van der Waals surface area contributed by atoms with Crippen LogP contribution in [0, 0.1) is 5.92 Å². The Morgan fingerprint density at radius 1 is 1.15 bits per heavy atom. The number of ether oxygens (including phenoxy) is 2. The molecule has 0 radical (unpaired) electrons. The Morgan fingerprint density at radius 2 is 1.69 bits per heavy atom. The van der Waals surface area contributed by atoms with Gasteiger partial charge in [0.15, 0.2) is 0 Å². The molecule has 0 saturated heterocycles. The van der Waals surface area contributed by atoms with Crippen LogP contribution in [0.15, 0.2) is 0 Å². The lowest BCUT2D eigenvalue weighted by atomic mass is 9.80. The second-order valence-corrected chi connectivity index (χ2v) is 3.43. The molecular formula is C9H14O4. The van der Waals surface area contributed by atoms with Crippen LogP contribution in [0.2, 0.25) is 0 Å². The zero-order valence-corrected chi connectivity index (χ0v) is 8.07. The van der Waals surface area contributed by atoms with E-state index in [2.05, 4.69) is 0 Å². The third-order valence-corrected chi connectivity index (χ3v) is 2.15. The van der Waals surface area contributed by atoms with E-state index in [-0.39, 0.29) is 30.1 Å². The predicted molar refractivity (Wildman–Crippen MR) is 44.9 cm³/mol. The number of hydrogen-bond acceptors (Lipinski definition) is 4. The van der Waals surface area contributed by atoms with Gasteiger partial charge in [0, 0.05) is 19.8 Å². The van der Waals surface area contributed by atoms with Crippen molar-refractivity contribution in [2.24, 2.45) is 5.92 Å². The van der Waals surface area contributed by atoms with Crippen LogP contribution in [0.4, 0.5) is 0 Å². The van der Waals surface area contributed by atoms with Crippen molar-refractivity contribution < 1.29 is 19.1 Å². The van der Waals surface area contributed by atoms with Crippen molar-refractivity contribution in [1.82, 2.24) is 0 Å². The first kappa shape index (κ1) is 10.0. The summed E-state index contributed by atoms with van der Waals surface area (Å²) < 4.78 is 9.95. The van der Waals surface area contributed by atoms with E-state index >= 15 is 0 Å². The van der Waals surface area contributed by atoms with Crippen molar-refractivity contribution in [3.63, 3.8) is 0 Å². The molecule has 1 saturated carbocycles. The average molecular weight is 186 g/mol. The van der Waals surface area contributed by atoms with Gasteiger partial charge in [0.05, 0.1) is 0 Å². The summed E-state index contributed by atoms with van der Waals surface area (Å²) in [5, 5.41) is 0. The fourth-order valence-electron chi connectivity index (χ4n) is 1.52. The van der Waals surface area contributed by atoms with E-state index in [1.54, 1.807) is 0 Å². The predicted octanol–water partition coefficient (Wildman–Crippen LogP) is 0.890. The first-order valence-electron chi connectivity index (χ1n) is 4.35. The minimum Gasteiger partial charge on any atom is -0.459 e. The summed E-state index contributed by atoms with van der Waals surface area (Å²) in [6.07, 6.45) is 0.287. The van der Waals surface area contributed by atoms with Gasteiger partial charge in [0.1, 0.15) is 12.2 Å². The number of carbonyl (C=O) groups excluding carboxylic acids is 2. The van der Waals surface area contributed by atoms with Gasteiger partial charge < -0.3 is 9.47 Å². The molecule has 0 spiro atoms. The standard InChI is InChI=1S/C9H14O4/c1-5-4-8(12-6(2)10)9(5)13-7(3)11/h5,8-9H,4H2,1-3H3. The second kappa shape index (κ2) is 3.77. The lowest BCUT2D eigenvalue weighted by Crippen LogP contribution is -2.49. The van der Waals surface area contributed by atoms with Crippen molar-refractivity contribution in [2.45, 2.75) is 39.4 Å². The van der Waals surface area contributed by atoms with E-state index in [1.165, 1.54) is 13.8 Å². The highest BCUT2D eigenvalue weighted by Gasteiger charge is 2.43. The Morgan fingerprint density at radius 3 is 2.08 bits per heavy atom. The van der Waals surface area contributed by atoms with Crippen molar-refractivity contribution in [3.05, 3.63) is 0 Å². The first-order valence-corrected chi connectivity index (χ1v) is 4.35. The fourth-order valence-corrected chi connectivity index (χ4v) is 1.52. The third-order valence-electron chi connectivity index (χ3n) is 2.15. The van der Waals surface area contributed by atoms with Crippen LogP contribution in [-0.2, 0) is 19.1 Å². The SMILES string of the molecule is CC(=O)OC1CC(C)C1OC(C)=O. The molecule has 3 atom stereocenters. The average Bonchev–Trinajstić information content (AvgIpc) is 1.99. The Labute approximate surface area is 77.2 Å². The lowest BCUT2D eigenvalue weighted by Gasteiger charge is -2.40. The molecule has 1 aliphatic carbocycles. The van der Waals surface area contributed by atoms with E-state index in [1.807, 2.05) is 6.92 Å². The van der Waals surface area contributed by atoms with Crippen molar-refractivity contribution in [3.8, 4) is 0 Å². The van der Waals surface area contributed by atoms with Crippen LogP contribution < -0.4 is 0 Å². The molecule has 0 N–H and O–H groups in total. The van der Waals surface area contributed by atoms with Gasteiger partial charge in [-0.3, -0.25) is 9.59 Å². The monoisotopic (exact) mass is 186 g/mol. The molecule has 3 unspecified atom stereocenters. The zero-order chi connectivity index (χ0) is 10.0. The molecule has 0 amide bonds. The molecular weight excluding hydrogens is 172 g/mol. The Hall–Kier alpha value is -1.06. The molecule has 4 nitrogen and oxygen atoms in total. The summed E-state index contributed by atoms with van der Waals surface area (Å²) >= 11 is 0. The third kappa shape index (κ3) is 2.44. The normalized spacial score (nSPS) is 31.8. The highest BCUT2D eigenvalue weighted by atomic mass is 16.6. The van der Waals surface area contributed by atoms with Crippen LogP contribution in [-0.4, -0.2) is 24.1 Å². The van der Waals surface area contributed by atoms with Gasteiger partial charge >= 0.3 is 11.9 Å². The van der Waals surface area contributed by atoms with Crippen LogP contribution in [0.1, 0.15) is 27.2 Å². The summed E-state index contributed by atoms with van der Waals surface area (Å²) in [4.78, 5) is 21.3. The summed E-state index contributed by atoms with van der Waals surface area (Å²) in [7, 11) is 0. The van der Waals surface area contributed by atoms with Gasteiger partial charge in [-0.1, -0.05) is 6.92 Å². The maximum atomic E-state index is 10.7. The summed E-state index contributed by atoms with van der Waals surface area (Å²) in [6, 6.07) is 0.